The average Bonchev–Trinajstić information content (AvgIpc) is 2.09. The molecule has 2 unspecified atom stereocenters. The molecule has 5 amide bonds. The van der Waals surface area contributed by atoms with E-state index in [0.717, 1.165) is 37.1 Å². The number of nitrogens with zero attached hydrogens (tertiary/aromatic N) is 7. The molecular formula is C60H83ClF6N14O6. The van der Waals surface area contributed by atoms with E-state index in [4.69, 9.17) is 16.3 Å². The standard InChI is InChI=1S/C35H51F3N8O4.C25H32ClF3N6O2/c1-20(47)39-27-19-23(44-33(2,3)4)9-11-28(27)46-17-14-26(30(46)48)41-29-24-18-21(35(36,37)38)8-10-25(24)42-31(43-29)40-22-12-15-45(16-13-22)32(49)50-34(5,6)7;1-13(36)30-19-12-15(34-24(2,3)4)6-8-20(19)35-10-9-18(22(35)37)31-21-16-11-14(25(27,28)29)5-7-17(16)32-23(26)33-21/h8,10,18,22-23,26-28,44H,9,11-17,19H2,1-7H3,(H,39,47)(H2,40,41,42,43);5,7,11,15,18-20,34H,6,8-10,12H2,1-4H3,(H,30,36)(H,31,32,33)/t23-,26?,27-,28+;15-,18?,19-,20+/m11/s1. The maximum Gasteiger partial charge on any atom is 0.416 e. The van der Waals surface area contributed by atoms with Crippen molar-refractivity contribution in [3.63, 3.8) is 0 Å². The minimum Gasteiger partial charge on any atom is -0.444 e. The molecule has 2 saturated carbocycles. The molecule has 7 N–H and O–H groups in total. The third kappa shape index (κ3) is 17.6. The van der Waals surface area contributed by atoms with Crippen LogP contribution in [-0.4, -0.2) is 162 Å². The number of ether oxygens (including phenoxy) is 1. The summed E-state index contributed by atoms with van der Waals surface area (Å²) in [7, 11) is 0. The molecule has 5 aliphatic rings. The molecule has 0 bridgehead atoms. The van der Waals surface area contributed by atoms with Gasteiger partial charge in [0.05, 0.1) is 46.3 Å². The number of aromatic nitrogens is 4. The largest absolute Gasteiger partial charge is 0.444 e. The fourth-order valence-corrected chi connectivity index (χ4v) is 12.8. The number of likely N-dealkylation sites (tertiary alicyclic amines) is 3. The van der Waals surface area contributed by atoms with Crippen LogP contribution in [0, 0.1) is 0 Å². The Morgan fingerprint density at radius 1 is 0.552 bits per heavy atom. The molecule has 0 radical (unpaired) electrons. The van der Waals surface area contributed by atoms with Crippen molar-refractivity contribution in [1.29, 1.82) is 0 Å². The van der Waals surface area contributed by atoms with Gasteiger partial charge in [-0.25, -0.2) is 19.7 Å². The summed E-state index contributed by atoms with van der Waals surface area (Å²) >= 11 is 6.03. The van der Waals surface area contributed by atoms with Gasteiger partial charge in [0.15, 0.2) is 0 Å². The fraction of sp³-hybridized carbons (Fsp3) is 0.650. The van der Waals surface area contributed by atoms with Crippen LogP contribution in [0.25, 0.3) is 21.8 Å². The first-order valence-corrected chi connectivity index (χ1v) is 30.3. The lowest BCUT2D eigenvalue weighted by Gasteiger charge is -2.43. The Morgan fingerprint density at radius 3 is 1.40 bits per heavy atom. The molecule has 3 aliphatic heterocycles. The zero-order valence-corrected chi connectivity index (χ0v) is 52.0. The molecule has 5 heterocycles. The Hall–Kier alpha value is -6.54. The van der Waals surface area contributed by atoms with Gasteiger partial charge in [-0.05, 0) is 175 Å². The van der Waals surface area contributed by atoms with Gasteiger partial charge < -0.3 is 56.7 Å². The van der Waals surface area contributed by atoms with Crippen molar-refractivity contribution >= 4 is 80.7 Å². The Labute approximate surface area is 508 Å². The van der Waals surface area contributed by atoms with Gasteiger partial charge in [0.2, 0.25) is 34.9 Å². The number of halogens is 7. The van der Waals surface area contributed by atoms with E-state index < -0.39 is 41.2 Å². The third-order valence-corrected chi connectivity index (χ3v) is 16.2. The van der Waals surface area contributed by atoms with Crippen molar-refractivity contribution in [2.75, 3.05) is 42.1 Å². The summed E-state index contributed by atoms with van der Waals surface area (Å²) in [5.74, 6) is -0.262. The van der Waals surface area contributed by atoms with Crippen LogP contribution < -0.4 is 37.2 Å². The predicted octanol–water partition coefficient (Wildman–Crippen LogP) is 9.42. The van der Waals surface area contributed by atoms with E-state index in [1.165, 1.54) is 26.0 Å². The monoisotopic (exact) mass is 1240 g/mol. The number of amides is 5. The molecule has 8 atom stereocenters. The van der Waals surface area contributed by atoms with E-state index in [2.05, 4.69) is 98.7 Å². The van der Waals surface area contributed by atoms with E-state index in [0.29, 0.717) is 83.1 Å². The Balaban J connectivity index is 0.000000236. The van der Waals surface area contributed by atoms with Gasteiger partial charge >= 0.3 is 18.4 Å². The van der Waals surface area contributed by atoms with Gasteiger partial charge in [-0.15, -0.1) is 0 Å². The van der Waals surface area contributed by atoms with Gasteiger partial charge in [0.1, 0.15) is 29.3 Å². The highest BCUT2D eigenvalue weighted by atomic mass is 35.5. The van der Waals surface area contributed by atoms with Crippen LogP contribution >= 0.6 is 11.6 Å². The smallest absolute Gasteiger partial charge is 0.416 e. The van der Waals surface area contributed by atoms with Crippen molar-refractivity contribution in [2.24, 2.45) is 0 Å². The fourth-order valence-electron chi connectivity index (χ4n) is 12.6. The first kappa shape index (κ1) is 66.4. The van der Waals surface area contributed by atoms with Crippen LogP contribution in [-0.2, 0) is 36.3 Å². The highest BCUT2D eigenvalue weighted by molar-refractivity contribution is 6.28. The summed E-state index contributed by atoms with van der Waals surface area (Å²) < 4.78 is 86.8. The molecule has 20 nitrogen and oxygen atoms in total. The Kier molecular flexibility index (Phi) is 20.1. The number of alkyl halides is 6. The third-order valence-electron chi connectivity index (χ3n) is 16.1. The van der Waals surface area contributed by atoms with Gasteiger partial charge in [-0.2, -0.15) is 31.3 Å². The molecule has 9 rings (SSSR count). The molecule has 0 spiro atoms. The topological polar surface area (TPSA) is 240 Å². The molecule has 4 aromatic rings. The second kappa shape index (κ2) is 26.3. The first-order valence-electron chi connectivity index (χ1n) is 29.9. The van der Waals surface area contributed by atoms with E-state index in [9.17, 15) is 50.3 Å². The highest BCUT2D eigenvalue weighted by Crippen LogP contribution is 2.38. The quantitative estimate of drug-likeness (QED) is 0.0516. The summed E-state index contributed by atoms with van der Waals surface area (Å²) in [5.41, 5.74) is -1.93. The minimum atomic E-state index is -4.58. The summed E-state index contributed by atoms with van der Waals surface area (Å²) in [6.45, 7) is 22.8. The van der Waals surface area contributed by atoms with Crippen LogP contribution in [0.4, 0.5) is 48.7 Å². The summed E-state index contributed by atoms with van der Waals surface area (Å²) in [5, 5.41) is 23.0. The number of carbonyl (C=O) groups excluding carboxylic acids is 5. The van der Waals surface area contributed by atoms with E-state index in [1.54, 1.807) is 14.7 Å². The maximum atomic E-state index is 13.9. The molecule has 478 valence electrons. The Bertz CT molecular complexity index is 3160. The lowest BCUT2D eigenvalue weighted by Crippen LogP contribution is -2.59. The highest BCUT2D eigenvalue weighted by Gasteiger charge is 2.45. The maximum absolute atomic E-state index is 13.9. The number of rotatable bonds is 12. The SMILES string of the molecule is CC(=O)N[C@@H]1C[C@H](NC(C)(C)C)CC[C@@H]1N1CCC(Nc2nc(Cl)nc3ccc(C(F)(F)F)cc23)C1=O.CC(=O)N[C@@H]1C[C@H](NC(C)(C)C)CC[C@@H]1N1CCC(Nc2nc(NC3CCN(C(=O)OC(C)(C)C)CC3)nc3ccc(C(F)(F)F)cc23)C1=O. The number of piperidine rings is 1. The average molecular weight is 1250 g/mol. The lowest BCUT2D eigenvalue weighted by atomic mass is 9.84. The van der Waals surface area contributed by atoms with E-state index >= 15 is 0 Å². The lowest BCUT2D eigenvalue weighted by molar-refractivity contribution is -0.138. The molecule has 87 heavy (non-hydrogen) atoms. The predicted molar refractivity (Wildman–Crippen MR) is 320 cm³/mol. The number of carbonyl (C=O) groups is 5. The van der Waals surface area contributed by atoms with Crippen molar-refractivity contribution in [2.45, 2.75) is 224 Å². The minimum absolute atomic E-state index is 0.0790. The molecule has 2 aliphatic carbocycles. The second-order valence-corrected chi connectivity index (χ2v) is 27.0. The van der Waals surface area contributed by atoms with Gasteiger partial charge in [0, 0.05) is 80.0 Å². The zero-order chi connectivity index (χ0) is 63.7. The number of hydrogen-bond donors (Lipinski definition) is 7. The first-order chi connectivity index (χ1) is 40.5. The zero-order valence-electron chi connectivity index (χ0n) is 51.3. The van der Waals surface area contributed by atoms with Crippen LogP contribution in [0.2, 0.25) is 5.28 Å². The van der Waals surface area contributed by atoms with Gasteiger partial charge in [-0.1, -0.05) is 0 Å². The Morgan fingerprint density at radius 2 is 0.989 bits per heavy atom. The van der Waals surface area contributed by atoms with Crippen LogP contribution in [0.15, 0.2) is 36.4 Å². The molecule has 5 fully saturated rings. The van der Waals surface area contributed by atoms with E-state index in [-0.39, 0.29) is 122 Å². The van der Waals surface area contributed by atoms with Gasteiger partial charge in [0.25, 0.3) is 0 Å². The van der Waals surface area contributed by atoms with Crippen molar-refractivity contribution in [1.82, 2.24) is 55.9 Å². The number of anilines is 3. The van der Waals surface area contributed by atoms with E-state index in [1.807, 2.05) is 20.8 Å². The molecule has 2 aromatic carbocycles. The van der Waals surface area contributed by atoms with Crippen molar-refractivity contribution < 1.29 is 55.1 Å². The summed E-state index contributed by atoms with van der Waals surface area (Å²) in [6.07, 6.45) is -2.98. The van der Waals surface area contributed by atoms with Crippen LogP contribution in [0.3, 0.4) is 0 Å². The number of hydrogen-bond acceptors (Lipinski definition) is 15. The van der Waals surface area contributed by atoms with Crippen molar-refractivity contribution in [3.8, 4) is 0 Å². The second-order valence-electron chi connectivity index (χ2n) is 26.7. The summed E-state index contributed by atoms with van der Waals surface area (Å²) in [6, 6.07) is 4.48. The van der Waals surface area contributed by atoms with Crippen molar-refractivity contribution in [3.05, 3.63) is 52.8 Å². The summed E-state index contributed by atoms with van der Waals surface area (Å²) in [4.78, 5) is 86.6. The normalized spacial score (nSPS) is 24.4. The number of fused-ring (bicyclic) bond motifs is 2. The molecular weight excluding hydrogens is 1160 g/mol. The molecule has 2 aromatic heterocycles. The van der Waals surface area contributed by atoms with Crippen LogP contribution in [0.1, 0.15) is 151 Å². The molecule has 3 saturated heterocycles. The number of nitrogens with one attached hydrogen (secondary N) is 7. The van der Waals surface area contributed by atoms with Gasteiger partial charge in [-0.3, -0.25) is 19.2 Å². The number of benzene rings is 2. The van der Waals surface area contributed by atoms with Crippen LogP contribution in [0.5, 0.6) is 0 Å². The molecule has 27 heteroatoms.